The molecular weight excluding hydrogens is 208 g/mol. The van der Waals surface area contributed by atoms with E-state index in [1.165, 1.54) is 0 Å². The molecule has 0 spiro atoms. The van der Waals surface area contributed by atoms with Gasteiger partial charge < -0.3 is 0 Å². The highest BCUT2D eigenvalue weighted by Gasteiger charge is 2.42. The van der Waals surface area contributed by atoms with Crippen molar-refractivity contribution >= 4 is 16.6 Å². The average Bonchev–Trinajstić information content (AvgIpc) is 2.49. The van der Waals surface area contributed by atoms with E-state index in [-0.39, 0.29) is 11.7 Å². The highest BCUT2D eigenvalue weighted by atomic mass is 32.2. The Morgan fingerprint density at radius 1 is 1.33 bits per heavy atom. The molecule has 2 fully saturated rings. The Kier molecular flexibility index (Phi) is 3.25. The van der Waals surface area contributed by atoms with E-state index < -0.39 is 10.8 Å². The first-order valence-electron chi connectivity index (χ1n) is 5.54. The fraction of sp³-hybridized carbons (Fsp3) is 0.750. The largest absolute Gasteiger partial charge is 0.298 e. The first-order valence-corrected chi connectivity index (χ1v) is 6.81. The zero-order valence-corrected chi connectivity index (χ0v) is 9.81. The molecule has 0 saturated carbocycles. The van der Waals surface area contributed by atoms with Crippen LogP contribution in [-0.2, 0) is 15.6 Å². The minimum absolute atomic E-state index is 0.140. The molecule has 0 aromatic heterocycles. The summed E-state index contributed by atoms with van der Waals surface area (Å²) in [6.45, 7) is 1.76. The highest BCUT2D eigenvalue weighted by molar-refractivity contribution is 7.86. The second kappa shape index (κ2) is 4.49. The standard InChI is InChI=1S/C12H16O2S/c1-2-3-4-12(13)9-7-10-5-6-11(8-9)15(10)14/h9-11H,4-8H2,1H3. The normalized spacial score (nSPS) is 38.2. The van der Waals surface area contributed by atoms with Crippen LogP contribution in [0, 0.1) is 17.8 Å². The van der Waals surface area contributed by atoms with Crippen LogP contribution >= 0.6 is 0 Å². The minimum atomic E-state index is -0.650. The van der Waals surface area contributed by atoms with E-state index in [0.717, 1.165) is 25.7 Å². The Labute approximate surface area is 93.3 Å². The number of ketones is 1. The summed E-state index contributed by atoms with van der Waals surface area (Å²) < 4.78 is 11.7. The quantitative estimate of drug-likeness (QED) is 0.668. The Bertz CT molecular complexity index is 334. The summed E-state index contributed by atoms with van der Waals surface area (Å²) in [4.78, 5) is 11.8. The molecule has 2 heterocycles. The van der Waals surface area contributed by atoms with Gasteiger partial charge in [0.15, 0.2) is 0 Å². The van der Waals surface area contributed by atoms with Crippen LogP contribution in [0.25, 0.3) is 0 Å². The third-order valence-electron chi connectivity index (χ3n) is 3.46. The summed E-state index contributed by atoms with van der Waals surface area (Å²) in [7, 11) is -0.650. The maximum atomic E-state index is 11.8. The first kappa shape index (κ1) is 10.9. The number of rotatable bonds is 2. The molecule has 2 nitrogen and oxygen atoms in total. The molecule has 0 aliphatic carbocycles. The Morgan fingerprint density at radius 2 is 1.93 bits per heavy atom. The lowest BCUT2D eigenvalue weighted by Crippen LogP contribution is -2.32. The van der Waals surface area contributed by atoms with Gasteiger partial charge in [0, 0.05) is 27.2 Å². The van der Waals surface area contributed by atoms with Gasteiger partial charge in [-0.3, -0.25) is 9.00 Å². The third-order valence-corrected chi connectivity index (χ3v) is 5.63. The number of fused-ring (bicyclic) bond motifs is 2. The van der Waals surface area contributed by atoms with Crippen molar-refractivity contribution in [2.75, 3.05) is 0 Å². The van der Waals surface area contributed by atoms with Crippen LogP contribution in [0.2, 0.25) is 0 Å². The van der Waals surface area contributed by atoms with Crippen LogP contribution in [0.15, 0.2) is 0 Å². The monoisotopic (exact) mass is 224 g/mol. The number of Topliss-reactive ketones (excluding diaryl/α,β-unsaturated/α-hetero) is 1. The van der Waals surface area contributed by atoms with Crippen LogP contribution in [0.3, 0.4) is 0 Å². The van der Waals surface area contributed by atoms with Gasteiger partial charge in [-0.05, 0) is 32.6 Å². The fourth-order valence-corrected chi connectivity index (χ4v) is 4.74. The molecular formula is C12H16O2S. The first-order chi connectivity index (χ1) is 7.22. The van der Waals surface area contributed by atoms with E-state index in [2.05, 4.69) is 11.8 Å². The smallest absolute Gasteiger partial charge is 0.147 e. The summed E-state index contributed by atoms with van der Waals surface area (Å²) in [5.74, 6) is 5.99. The van der Waals surface area contributed by atoms with Crippen molar-refractivity contribution in [3.63, 3.8) is 0 Å². The van der Waals surface area contributed by atoms with Gasteiger partial charge in [0.25, 0.3) is 0 Å². The van der Waals surface area contributed by atoms with Crippen LogP contribution in [-0.4, -0.2) is 20.5 Å². The predicted octanol–water partition coefficient (Wildman–Crippen LogP) is 1.66. The number of carbonyl (C=O) groups excluding carboxylic acids is 1. The second-order valence-corrected chi connectivity index (χ2v) is 6.38. The van der Waals surface area contributed by atoms with E-state index in [0.29, 0.717) is 16.9 Å². The molecule has 15 heavy (non-hydrogen) atoms. The van der Waals surface area contributed by atoms with Gasteiger partial charge in [-0.25, -0.2) is 0 Å². The molecule has 2 rings (SSSR count). The minimum Gasteiger partial charge on any atom is -0.298 e. The van der Waals surface area contributed by atoms with Crippen molar-refractivity contribution < 1.29 is 9.00 Å². The zero-order valence-electron chi connectivity index (χ0n) is 8.99. The van der Waals surface area contributed by atoms with Crippen molar-refractivity contribution in [2.45, 2.75) is 49.5 Å². The number of hydrogen-bond donors (Lipinski definition) is 0. The molecule has 0 aromatic carbocycles. The third kappa shape index (κ3) is 2.15. The lowest BCUT2D eigenvalue weighted by atomic mass is 9.93. The molecule has 82 valence electrons. The van der Waals surface area contributed by atoms with Crippen molar-refractivity contribution in [2.24, 2.45) is 5.92 Å². The van der Waals surface area contributed by atoms with Crippen molar-refractivity contribution in [3.8, 4) is 11.8 Å². The predicted molar refractivity (Wildman–Crippen MR) is 60.8 cm³/mol. The van der Waals surface area contributed by atoms with E-state index in [1.807, 2.05) is 0 Å². The maximum absolute atomic E-state index is 11.8. The summed E-state index contributed by atoms with van der Waals surface area (Å²) in [5.41, 5.74) is 0. The average molecular weight is 224 g/mol. The molecule has 2 unspecified atom stereocenters. The molecule has 0 amide bonds. The zero-order chi connectivity index (χ0) is 10.8. The van der Waals surface area contributed by atoms with Gasteiger partial charge in [0.2, 0.25) is 0 Å². The van der Waals surface area contributed by atoms with Crippen LogP contribution in [0.1, 0.15) is 39.0 Å². The summed E-state index contributed by atoms with van der Waals surface area (Å²) in [6, 6.07) is 0. The van der Waals surface area contributed by atoms with Crippen molar-refractivity contribution in [3.05, 3.63) is 0 Å². The van der Waals surface area contributed by atoms with E-state index in [1.54, 1.807) is 6.92 Å². The van der Waals surface area contributed by atoms with Crippen LogP contribution in [0.4, 0.5) is 0 Å². The number of carbonyl (C=O) groups is 1. The lowest BCUT2D eigenvalue weighted by Gasteiger charge is -2.25. The molecule has 0 N–H and O–H groups in total. The molecule has 0 radical (unpaired) electrons. The molecule has 2 bridgehead atoms. The van der Waals surface area contributed by atoms with Gasteiger partial charge in [-0.15, -0.1) is 5.92 Å². The van der Waals surface area contributed by atoms with Gasteiger partial charge in [0.05, 0.1) is 6.42 Å². The van der Waals surface area contributed by atoms with Gasteiger partial charge in [-0.2, -0.15) is 0 Å². The molecule has 2 saturated heterocycles. The van der Waals surface area contributed by atoms with Gasteiger partial charge in [-0.1, -0.05) is 5.92 Å². The fourth-order valence-electron chi connectivity index (χ4n) is 2.62. The topological polar surface area (TPSA) is 34.1 Å². The molecule has 0 aromatic rings. The Balaban J connectivity index is 1.98. The van der Waals surface area contributed by atoms with Gasteiger partial charge >= 0.3 is 0 Å². The maximum Gasteiger partial charge on any atom is 0.147 e. The van der Waals surface area contributed by atoms with E-state index in [9.17, 15) is 9.00 Å². The Hall–Kier alpha value is -0.620. The summed E-state index contributed by atoms with van der Waals surface area (Å²) in [5, 5.41) is 0.597. The van der Waals surface area contributed by atoms with Gasteiger partial charge in [0.1, 0.15) is 5.78 Å². The molecule has 2 aliphatic heterocycles. The summed E-state index contributed by atoms with van der Waals surface area (Å²) in [6.07, 6.45) is 4.18. The molecule has 2 atom stereocenters. The van der Waals surface area contributed by atoms with Crippen LogP contribution < -0.4 is 0 Å². The SMILES string of the molecule is CC#CCC(=O)C1CC2CCC(C1)S2=O. The molecule has 3 heteroatoms. The second-order valence-electron chi connectivity index (χ2n) is 4.39. The van der Waals surface area contributed by atoms with Crippen LogP contribution in [0.5, 0.6) is 0 Å². The van der Waals surface area contributed by atoms with Crippen molar-refractivity contribution in [1.82, 2.24) is 0 Å². The van der Waals surface area contributed by atoms with E-state index in [4.69, 9.17) is 0 Å². The van der Waals surface area contributed by atoms with E-state index >= 15 is 0 Å². The van der Waals surface area contributed by atoms with Crippen molar-refractivity contribution in [1.29, 1.82) is 0 Å². The Morgan fingerprint density at radius 3 is 2.47 bits per heavy atom. The molecule has 2 aliphatic rings. The lowest BCUT2D eigenvalue weighted by molar-refractivity contribution is -0.122. The highest BCUT2D eigenvalue weighted by Crippen LogP contribution is 2.39. The summed E-state index contributed by atoms with van der Waals surface area (Å²) >= 11 is 0. The number of hydrogen-bond acceptors (Lipinski definition) is 2.